The van der Waals surface area contributed by atoms with Gasteiger partial charge in [0.1, 0.15) is 0 Å². The molecule has 0 saturated heterocycles. The Bertz CT molecular complexity index is 305. The molecule has 2 fully saturated rings. The molecule has 2 heteroatoms. The number of nitrogens with two attached hydrogens (primary N) is 1. The summed E-state index contributed by atoms with van der Waals surface area (Å²) >= 11 is 0. The Labute approximate surface area is 126 Å². The van der Waals surface area contributed by atoms with Crippen LogP contribution in [0, 0.1) is 11.3 Å². The maximum absolute atomic E-state index is 6.42. The molecule has 0 spiro atoms. The van der Waals surface area contributed by atoms with Crippen molar-refractivity contribution >= 4 is 0 Å². The van der Waals surface area contributed by atoms with Crippen molar-refractivity contribution in [3.8, 4) is 0 Å². The normalized spacial score (nSPS) is 31.4. The quantitative estimate of drug-likeness (QED) is 0.818. The van der Waals surface area contributed by atoms with E-state index in [1.54, 1.807) is 0 Å². The Kier molecular flexibility index (Phi) is 5.18. The molecule has 0 aromatic rings. The lowest BCUT2D eigenvalue weighted by Crippen LogP contribution is -2.66. The van der Waals surface area contributed by atoms with E-state index in [2.05, 4.69) is 32.6 Å². The third kappa shape index (κ3) is 2.92. The first kappa shape index (κ1) is 16.3. The minimum atomic E-state index is 0.241. The summed E-state index contributed by atoms with van der Waals surface area (Å²) in [6.07, 6.45) is 11.0. The second kappa shape index (κ2) is 6.36. The average molecular weight is 280 g/mol. The van der Waals surface area contributed by atoms with E-state index in [-0.39, 0.29) is 5.54 Å². The number of hydrogen-bond donors (Lipinski definition) is 1. The van der Waals surface area contributed by atoms with Crippen LogP contribution in [0.2, 0.25) is 0 Å². The molecule has 0 bridgehead atoms. The van der Waals surface area contributed by atoms with E-state index in [4.69, 9.17) is 5.73 Å². The van der Waals surface area contributed by atoms with Crippen molar-refractivity contribution in [2.75, 3.05) is 13.1 Å². The van der Waals surface area contributed by atoms with Crippen molar-refractivity contribution in [3.05, 3.63) is 0 Å². The van der Waals surface area contributed by atoms with Crippen LogP contribution in [-0.4, -0.2) is 29.6 Å². The molecule has 118 valence electrons. The first-order valence-corrected chi connectivity index (χ1v) is 8.90. The highest BCUT2D eigenvalue weighted by molar-refractivity contribution is 5.07. The van der Waals surface area contributed by atoms with Gasteiger partial charge in [0.15, 0.2) is 0 Å². The molecule has 0 aromatic carbocycles. The number of nitrogens with zero attached hydrogens (tertiary/aromatic N) is 1. The van der Waals surface area contributed by atoms with Gasteiger partial charge in [0.25, 0.3) is 0 Å². The van der Waals surface area contributed by atoms with Crippen molar-refractivity contribution in [2.24, 2.45) is 17.1 Å². The molecule has 1 atom stereocenters. The molecule has 2 N–H and O–H groups in total. The molecule has 0 amide bonds. The number of rotatable bonds is 5. The van der Waals surface area contributed by atoms with Crippen LogP contribution in [0.4, 0.5) is 0 Å². The van der Waals surface area contributed by atoms with Crippen LogP contribution in [0.5, 0.6) is 0 Å². The Hall–Kier alpha value is -0.0800. The summed E-state index contributed by atoms with van der Waals surface area (Å²) in [5.74, 6) is 0.733. The lowest BCUT2D eigenvalue weighted by molar-refractivity contribution is -0.0722. The predicted octanol–water partition coefficient (Wildman–Crippen LogP) is 4.18. The average Bonchev–Trinajstić information content (AvgIpc) is 2.90. The van der Waals surface area contributed by atoms with Crippen LogP contribution in [0.15, 0.2) is 0 Å². The monoisotopic (exact) mass is 280 g/mol. The summed E-state index contributed by atoms with van der Waals surface area (Å²) < 4.78 is 0. The van der Waals surface area contributed by atoms with Gasteiger partial charge in [-0.2, -0.15) is 0 Å². The van der Waals surface area contributed by atoms with Gasteiger partial charge in [0.2, 0.25) is 0 Å². The highest BCUT2D eigenvalue weighted by Gasteiger charge is 2.51. The zero-order valence-electron chi connectivity index (χ0n) is 14.3. The zero-order valence-corrected chi connectivity index (χ0v) is 14.3. The molecule has 2 aliphatic rings. The highest BCUT2D eigenvalue weighted by atomic mass is 15.3. The molecule has 2 rings (SSSR count). The first-order valence-electron chi connectivity index (χ1n) is 8.90. The molecule has 2 aliphatic carbocycles. The molecule has 0 aromatic heterocycles. The van der Waals surface area contributed by atoms with E-state index in [0.717, 1.165) is 18.5 Å². The molecule has 0 heterocycles. The summed E-state index contributed by atoms with van der Waals surface area (Å²) in [7, 11) is 0. The van der Waals surface area contributed by atoms with E-state index in [9.17, 15) is 0 Å². The van der Waals surface area contributed by atoms with Crippen molar-refractivity contribution in [1.82, 2.24) is 4.90 Å². The van der Waals surface area contributed by atoms with E-state index in [1.165, 1.54) is 57.9 Å². The van der Waals surface area contributed by atoms with Crippen LogP contribution in [0.25, 0.3) is 0 Å². The maximum Gasteiger partial charge on any atom is 0.0385 e. The first-order chi connectivity index (χ1) is 9.43. The molecular weight excluding hydrogens is 244 g/mol. The van der Waals surface area contributed by atoms with Crippen LogP contribution in [-0.2, 0) is 0 Å². The summed E-state index contributed by atoms with van der Waals surface area (Å²) in [6, 6.07) is 0.790. The fraction of sp³-hybridized carbons (Fsp3) is 1.00. The van der Waals surface area contributed by atoms with Gasteiger partial charge in [0, 0.05) is 24.7 Å². The van der Waals surface area contributed by atoms with Gasteiger partial charge in [-0.3, -0.25) is 4.90 Å². The Morgan fingerprint density at radius 2 is 1.65 bits per heavy atom. The Morgan fingerprint density at radius 3 is 2.15 bits per heavy atom. The van der Waals surface area contributed by atoms with Crippen molar-refractivity contribution in [3.63, 3.8) is 0 Å². The molecule has 1 unspecified atom stereocenters. The van der Waals surface area contributed by atoms with Crippen molar-refractivity contribution < 1.29 is 0 Å². The van der Waals surface area contributed by atoms with Gasteiger partial charge < -0.3 is 5.73 Å². The van der Waals surface area contributed by atoms with Crippen molar-refractivity contribution in [1.29, 1.82) is 0 Å². The second-order valence-electron chi connectivity index (χ2n) is 8.31. The zero-order chi connectivity index (χ0) is 14.8. The fourth-order valence-corrected chi connectivity index (χ4v) is 4.87. The molecule has 20 heavy (non-hydrogen) atoms. The minimum Gasteiger partial charge on any atom is -0.329 e. The summed E-state index contributed by atoms with van der Waals surface area (Å²) in [4.78, 5) is 2.88. The van der Waals surface area contributed by atoms with Crippen molar-refractivity contribution in [2.45, 2.75) is 90.6 Å². The standard InChI is InChI=1S/C18H36N2/c1-15(2)13-20(16-9-5-6-10-16)18(14-19)12-8-7-11-17(18,3)4/h15-16H,5-14,19H2,1-4H3. The van der Waals surface area contributed by atoms with Gasteiger partial charge >= 0.3 is 0 Å². The fourth-order valence-electron chi connectivity index (χ4n) is 4.87. The Balaban J connectivity index is 2.31. The van der Waals surface area contributed by atoms with Crippen LogP contribution in [0.3, 0.4) is 0 Å². The SMILES string of the molecule is CC(C)CN(C1CCCC1)C1(CN)CCCCC1(C)C. The maximum atomic E-state index is 6.42. The van der Waals surface area contributed by atoms with Gasteiger partial charge in [-0.05, 0) is 37.0 Å². The summed E-state index contributed by atoms with van der Waals surface area (Å²) in [5, 5.41) is 0. The lowest BCUT2D eigenvalue weighted by Gasteiger charge is -2.58. The van der Waals surface area contributed by atoms with E-state index in [0.29, 0.717) is 5.41 Å². The van der Waals surface area contributed by atoms with Gasteiger partial charge in [-0.15, -0.1) is 0 Å². The molecule has 0 aliphatic heterocycles. The van der Waals surface area contributed by atoms with E-state index < -0.39 is 0 Å². The number of hydrogen-bond acceptors (Lipinski definition) is 2. The third-order valence-corrected chi connectivity index (χ3v) is 6.12. The molecule has 2 saturated carbocycles. The molecular formula is C18H36N2. The van der Waals surface area contributed by atoms with Crippen LogP contribution in [0.1, 0.15) is 79.1 Å². The third-order valence-electron chi connectivity index (χ3n) is 6.12. The summed E-state index contributed by atoms with van der Waals surface area (Å²) in [6.45, 7) is 11.7. The van der Waals surface area contributed by atoms with Gasteiger partial charge in [0.05, 0.1) is 0 Å². The second-order valence-corrected chi connectivity index (χ2v) is 8.31. The lowest BCUT2D eigenvalue weighted by atomic mass is 9.61. The molecule has 2 nitrogen and oxygen atoms in total. The van der Waals surface area contributed by atoms with E-state index >= 15 is 0 Å². The van der Waals surface area contributed by atoms with Crippen LogP contribution < -0.4 is 5.73 Å². The highest BCUT2D eigenvalue weighted by Crippen LogP contribution is 2.49. The minimum absolute atomic E-state index is 0.241. The Morgan fingerprint density at radius 1 is 1.05 bits per heavy atom. The smallest absolute Gasteiger partial charge is 0.0385 e. The topological polar surface area (TPSA) is 29.3 Å². The largest absolute Gasteiger partial charge is 0.329 e. The van der Waals surface area contributed by atoms with Gasteiger partial charge in [-0.1, -0.05) is 53.4 Å². The van der Waals surface area contributed by atoms with Crippen LogP contribution >= 0.6 is 0 Å². The summed E-state index contributed by atoms with van der Waals surface area (Å²) in [5.41, 5.74) is 7.02. The molecule has 0 radical (unpaired) electrons. The van der Waals surface area contributed by atoms with Gasteiger partial charge in [-0.25, -0.2) is 0 Å². The van der Waals surface area contributed by atoms with E-state index in [1.807, 2.05) is 0 Å². The predicted molar refractivity (Wildman–Crippen MR) is 87.8 cm³/mol.